The van der Waals surface area contributed by atoms with Crippen LogP contribution in [0.15, 0.2) is 47.5 Å². The lowest BCUT2D eigenvalue weighted by atomic mass is 9.69. The van der Waals surface area contributed by atoms with Crippen LogP contribution < -0.4 is 5.32 Å². The minimum Gasteiger partial charge on any atom is -0.345 e. The van der Waals surface area contributed by atoms with Crippen LogP contribution >= 0.6 is 23.2 Å². The molecule has 0 bridgehead atoms. The monoisotopic (exact) mass is 651 g/mol. The molecule has 2 amide bonds. The first kappa shape index (κ1) is 33.1. The number of carbonyl (C=O) groups excluding carboxylic acids is 2. The van der Waals surface area contributed by atoms with Crippen LogP contribution in [0.5, 0.6) is 0 Å². The molecule has 1 fully saturated rings. The van der Waals surface area contributed by atoms with Gasteiger partial charge < -0.3 is 10.2 Å². The number of hydrogen-bond donors (Lipinski definition) is 2. The molecular formula is C34H43Cl2N7O2. The molecule has 240 valence electrons. The molecule has 1 aromatic heterocycles. The number of benzene rings is 2. The van der Waals surface area contributed by atoms with Gasteiger partial charge in [-0.05, 0) is 91.2 Å². The first-order chi connectivity index (χ1) is 21.1. The molecule has 1 spiro atoms. The molecule has 1 aliphatic carbocycles. The van der Waals surface area contributed by atoms with Crippen molar-refractivity contribution in [2.75, 3.05) is 0 Å². The van der Waals surface area contributed by atoms with Crippen molar-refractivity contribution in [1.29, 1.82) is 0 Å². The first-order valence-electron chi connectivity index (χ1n) is 15.7. The SMILES string of the molecule is CC(C)(C)CC[C@@H](c1ccc(C(=O)NCc2nn[nH]n2)cc1)N1C(=O)C(c2cc(Cl)cc(Cl)c2)=NC12CCC(C(C)(C)C)CC2. The minimum atomic E-state index is -0.674. The minimum absolute atomic E-state index is 0.0528. The third-order valence-electron chi connectivity index (χ3n) is 9.17. The number of nitrogens with one attached hydrogen (secondary N) is 2. The molecule has 2 aromatic carbocycles. The number of H-pyrrole nitrogens is 1. The highest BCUT2D eigenvalue weighted by atomic mass is 35.5. The second-order valence-electron chi connectivity index (χ2n) is 14.7. The van der Waals surface area contributed by atoms with E-state index in [1.807, 2.05) is 29.2 Å². The topological polar surface area (TPSA) is 116 Å². The molecule has 3 aromatic rings. The van der Waals surface area contributed by atoms with Crippen molar-refractivity contribution in [3.63, 3.8) is 0 Å². The summed E-state index contributed by atoms with van der Waals surface area (Å²) >= 11 is 12.8. The summed E-state index contributed by atoms with van der Waals surface area (Å²) in [4.78, 5) is 34.8. The molecule has 11 heteroatoms. The highest BCUT2D eigenvalue weighted by Gasteiger charge is 2.52. The molecule has 5 rings (SSSR count). The van der Waals surface area contributed by atoms with Gasteiger partial charge in [0.15, 0.2) is 5.82 Å². The number of carbonyl (C=O) groups is 2. The van der Waals surface area contributed by atoms with E-state index in [9.17, 15) is 9.59 Å². The van der Waals surface area contributed by atoms with Crippen molar-refractivity contribution < 1.29 is 9.59 Å². The summed E-state index contributed by atoms with van der Waals surface area (Å²) in [5.41, 5.74) is 2.08. The highest BCUT2D eigenvalue weighted by Crippen LogP contribution is 2.50. The number of aromatic nitrogens is 4. The van der Waals surface area contributed by atoms with Gasteiger partial charge in [-0.2, -0.15) is 5.21 Å². The van der Waals surface area contributed by atoms with Gasteiger partial charge in [-0.25, -0.2) is 0 Å². The van der Waals surface area contributed by atoms with Crippen molar-refractivity contribution in [1.82, 2.24) is 30.8 Å². The first-order valence-corrected chi connectivity index (χ1v) is 16.4. The van der Waals surface area contributed by atoms with Gasteiger partial charge in [-0.3, -0.25) is 14.6 Å². The summed E-state index contributed by atoms with van der Waals surface area (Å²) in [6, 6.07) is 12.5. The Morgan fingerprint density at radius 1 is 1.04 bits per heavy atom. The van der Waals surface area contributed by atoms with Crippen LogP contribution in [-0.4, -0.2) is 48.7 Å². The second kappa shape index (κ2) is 12.8. The Hall–Kier alpha value is -3.30. The molecule has 0 unspecified atom stereocenters. The van der Waals surface area contributed by atoms with Crippen LogP contribution in [0.1, 0.15) is 113 Å². The van der Waals surface area contributed by atoms with Gasteiger partial charge in [0.1, 0.15) is 11.4 Å². The normalized spacial score (nSPS) is 21.2. The number of aliphatic imine (C=N–C) groups is 1. The molecule has 9 nitrogen and oxygen atoms in total. The number of halogens is 2. The van der Waals surface area contributed by atoms with Gasteiger partial charge in [0, 0.05) is 21.2 Å². The summed E-state index contributed by atoms with van der Waals surface area (Å²) in [5.74, 6) is 0.592. The standard InChI is InChI=1S/C34H43Cl2N7O2/c1-32(2,3)14-13-27(21-7-9-22(10-8-21)30(44)37-20-28-39-41-42-40-28)43-31(45)29(23-17-25(35)19-26(36)18-23)38-34(43)15-11-24(12-16-34)33(4,5)6/h7-10,17-19,24,27H,11-16,20H2,1-6H3,(H,37,44)(H,39,40,41,42)/t24?,27-,34?/m0/s1. The smallest absolute Gasteiger partial charge is 0.275 e. The predicted octanol–water partition coefficient (Wildman–Crippen LogP) is 7.57. The lowest BCUT2D eigenvalue weighted by Gasteiger charge is -2.47. The van der Waals surface area contributed by atoms with E-state index < -0.39 is 5.66 Å². The van der Waals surface area contributed by atoms with E-state index in [-0.39, 0.29) is 35.2 Å². The molecule has 2 heterocycles. The third-order valence-corrected chi connectivity index (χ3v) is 9.61. The van der Waals surface area contributed by atoms with Gasteiger partial charge in [-0.1, -0.05) is 82.1 Å². The number of amides is 2. The van der Waals surface area contributed by atoms with Crippen molar-refractivity contribution in [2.45, 2.75) is 98.3 Å². The summed E-state index contributed by atoms with van der Waals surface area (Å²) in [6.07, 6.45) is 5.16. The van der Waals surface area contributed by atoms with Gasteiger partial charge in [0.05, 0.1) is 12.6 Å². The van der Waals surface area contributed by atoms with Crippen molar-refractivity contribution >= 4 is 40.7 Å². The molecule has 45 heavy (non-hydrogen) atoms. The Morgan fingerprint density at radius 2 is 1.69 bits per heavy atom. The zero-order chi connectivity index (χ0) is 32.6. The number of aromatic amines is 1. The van der Waals surface area contributed by atoms with E-state index in [1.165, 1.54) is 0 Å². The number of hydrogen-bond acceptors (Lipinski definition) is 6. The Labute approximate surface area is 275 Å². The zero-order valence-corrected chi connectivity index (χ0v) is 28.5. The van der Waals surface area contributed by atoms with Crippen molar-refractivity contribution in [3.05, 3.63) is 75.0 Å². The van der Waals surface area contributed by atoms with E-state index >= 15 is 0 Å². The summed E-state index contributed by atoms with van der Waals surface area (Å²) in [5, 5.41) is 17.4. The van der Waals surface area contributed by atoms with Gasteiger partial charge >= 0.3 is 0 Å². The Kier molecular flexibility index (Phi) is 9.43. The van der Waals surface area contributed by atoms with Crippen LogP contribution in [-0.2, 0) is 11.3 Å². The number of tetrazole rings is 1. The average molecular weight is 653 g/mol. The summed E-state index contributed by atoms with van der Waals surface area (Å²) in [6.45, 7) is 13.7. The molecule has 1 atom stereocenters. The summed E-state index contributed by atoms with van der Waals surface area (Å²) < 4.78 is 0. The highest BCUT2D eigenvalue weighted by molar-refractivity contribution is 6.47. The van der Waals surface area contributed by atoms with Crippen LogP contribution in [0, 0.1) is 16.7 Å². The van der Waals surface area contributed by atoms with Crippen LogP contribution in [0.4, 0.5) is 0 Å². The number of nitrogens with zero attached hydrogens (tertiary/aromatic N) is 5. The molecule has 2 N–H and O–H groups in total. The fraction of sp³-hybridized carbons (Fsp3) is 0.529. The zero-order valence-electron chi connectivity index (χ0n) is 27.0. The fourth-order valence-electron chi connectivity index (χ4n) is 6.61. The quantitative estimate of drug-likeness (QED) is 0.261. The van der Waals surface area contributed by atoms with Gasteiger partial charge in [0.2, 0.25) is 0 Å². The van der Waals surface area contributed by atoms with Gasteiger partial charge in [-0.15, -0.1) is 10.2 Å². The fourth-order valence-corrected chi connectivity index (χ4v) is 7.14. The maximum absolute atomic E-state index is 14.6. The van der Waals surface area contributed by atoms with E-state index in [2.05, 4.69) is 67.5 Å². The second-order valence-corrected chi connectivity index (χ2v) is 15.5. The van der Waals surface area contributed by atoms with E-state index in [1.54, 1.807) is 18.2 Å². The van der Waals surface area contributed by atoms with Crippen LogP contribution in [0.3, 0.4) is 0 Å². The third kappa shape index (κ3) is 7.58. The maximum Gasteiger partial charge on any atom is 0.275 e. The van der Waals surface area contributed by atoms with E-state index in [0.29, 0.717) is 38.6 Å². The molecule has 0 saturated heterocycles. The lowest BCUT2D eigenvalue weighted by Crippen LogP contribution is -2.51. The average Bonchev–Trinajstić information content (AvgIpc) is 3.58. The number of rotatable bonds is 8. The van der Waals surface area contributed by atoms with Crippen LogP contribution in [0.2, 0.25) is 10.0 Å². The Morgan fingerprint density at radius 3 is 2.24 bits per heavy atom. The molecular weight excluding hydrogens is 609 g/mol. The van der Waals surface area contributed by atoms with Crippen molar-refractivity contribution in [2.24, 2.45) is 21.7 Å². The largest absolute Gasteiger partial charge is 0.345 e. The predicted molar refractivity (Wildman–Crippen MR) is 177 cm³/mol. The molecule has 1 saturated carbocycles. The van der Waals surface area contributed by atoms with Gasteiger partial charge in [0.25, 0.3) is 11.8 Å². The molecule has 1 aliphatic heterocycles. The molecule has 0 radical (unpaired) electrons. The Balaban J connectivity index is 1.51. The summed E-state index contributed by atoms with van der Waals surface area (Å²) in [7, 11) is 0. The van der Waals surface area contributed by atoms with E-state index in [0.717, 1.165) is 44.1 Å². The van der Waals surface area contributed by atoms with Crippen molar-refractivity contribution in [3.8, 4) is 0 Å². The molecule has 2 aliphatic rings. The van der Waals surface area contributed by atoms with E-state index in [4.69, 9.17) is 28.2 Å². The van der Waals surface area contributed by atoms with Crippen LogP contribution in [0.25, 0.3) is 0 Å². The maximum atomic E-state index is 14.6. The lowest BCUT2D eigenvalue weighted by molar-refractivity contribution is -0.134. The Bertz CT molecular complexity index is 1530.